The molecule has 0 atom stereocenters. The topological polar surface area (TPSA) is 48.3 Å². The van der Waals surface area contributed by atoms with Gasteiger partial charge in [0.15, 0.2) is 0 Å². The Morgan fingerprint density at radius 1 is 1.38 bits per heavy atom. The Labute approximate surface area is 123 Å². The molecular weight excluding hydrogens is 273 g/mol. The summed E-state index contributed by atoms with van der Waals surface area (Å²) < 4.78 is 25.7. The summed E-state index contributed by atoms with van der Waals surface area (Å²) in [6.45, 7) is 3.92. The van der Waals surface area contributed by atoms with Gasteiger partial charge in [-0.05, 0) is 19.1 Å². The van der Waals surface area contributed by atoms with Crippen molar-refractivity contribution in [1.82, 2.24) is 15.1 Å². The molecule has 1 aromatic carbocycles. The lowest BCUT2D eigenvalue weighted by Gasteiger charge is -2.09. The van der Waals surface area contributed by atoms with E-state index in [1.807, 2.05) is 6.92 Å². The minimum absolute atomic E-state index is 0.328. The highest BCUT2D eigenvalue weighted by Crippen LogP contribution is 2.27. The van der Waals surface area contributed by atoms with Crippen LogP contribution in [0, 0.1) is 12.7 Å². The zero-order chi connectivity index (χ0) is 15.2. The molecule has 0 fully saturated rings. The van der Waals surface area contributed by atoms with Crippen LogP contribution in [-0.2, 0) is 18.3 Å². The highest BCUT2D eigenvalue weighted by atomic mass is 19.1. The Morgan fingerprint density at radius 3 is 2.90 bits per heavy atom. The van der Waals surface area contributed by atoms with E-state index in [0.717, 1.165) is 17.8 Å². The Hall–Kier alpha value is -1.92. The van der Waals surface area contributed by atoms with Gasteiger partial charge in [-0.1, -0.05) is 6.07 Å². The molecule has 0 aliphatic carbocycles. The Morgan fingerprint density at radius 2 is 2.19 bits per heavy atom. The van der Waals surface area contributed by atoms with Crippen LogP contribution in [0.4, 0.5) is 4.39 Å². The van der Waals surface area contributed by atoms with E-state index < -0.39 is 0 Å². The van der Waals surface area contributed by atoms with Crippen molar-refractivity contribution in [3.8, 4) is 11.6 Å². The van der Waals surface area contributed by atoms with Gasteiger partial charge in [0.1, 0.15) is 11.6 Å². The van der Waals surface area contributed by atoms with Gasteiger partial charge in [-0.15, -0.1) is 0 Å². The standard InChI is InChI=1S/C15H20FN3O2/c1-11-14(10-17-7-8-20-3)15(19(2)18-11)21-13-6-4-5-12(16)9-13/h4-6,9,17H,7-8,10H2,1-3H3. The van der Waals surface area contributed by atoms with E-state index in [-0.39, 0.29) is 5.82 Å². The summed E-state index contributed by atoms with van der Waals surface area (Å²) in [6.07, 6.45) is 0. The number of rotatable bonds is 7. The van der Waals surface area contributed by atoms with Crippen molar-refractivity contribution in [3.05, 3.63) is 41.3 Å². The first kappa shape index (κ1) is 15.5. The number of methoxy groups -OCH3 is 1. The molecule has 0 aliphatic heterocycles. The summed E-state index contributed by atoms with van der Waals surface area (Å²) in [6, 6.07) is 6.07. The van der Waals surface area contributed by atoms with Gasteiger partial charge >= 0.3 is 0 Å². The molecule has 1 aromatic heterocycles. The number of ether oxygens (including phenoxy) is 2. The van der Waals surface area contributed by atoms with Crippen molar-refractivity contribution in [3.63, 3.8) is 0 Å². The average molecular weight is 293 g/mol. The highest BCUT2D eigenvalue weighted by Gasteiger charge is 2.15. The first-order valence-corrected chi connectivity index (χ1v) is 6.77. The molecule has 0 aliphatic rings. The number of halogens is 1. The second-order valence-electron chi connectivity index (χ2n) is 4.72. The number of nitrogens with one attached hydrogen (secondary N) is 1. The van der Waals surface area contributed by atoms with E-state index in [1.54, 1.807) is 31.0 Å². The second-order valence-corrected chi connectivity index (χ2v) is 4.72. The summed E-state index contributed by atoms with van der Waals surface area (Å²) >= 11 is 0. The first-order chi connectivity index (χ1) is 10.1. The van der Waals surface area contributed by atoms with Crippen LogP contribution in [0.25, 0.3) is 0 Å². The molecule has 0 saturated heterocycles. The van der Waals surface area contributed by atoms with Crippen LogP contribution in [0.5, 0.6) is 11.6 Å². The largest absolute Gasteiger partial charge is 0.439 e. The van der Waals surface area contributed by atoms with Crippen molar-refractivity contribution in [1.29, 1.82) is 0 Å². The van der Waals surface area contributed by atoms with Gasteiger partial charge in [-0.25, -0.2) is 9.07 Å². The van der Waals surface area contributed by atoms with Crippen LogP contribution in [-0.4, -0.2) is 30.0 Å². The molecule has 1 heterocycles. The van der Waals surface area contributed by atoms with Gasteiger partial charge in [0.05, 0.1) is 17.9 Å². The zero-order valence-electron chi connectivity index (χ0n) is 12.5. The number of nitrogens with zero attached hydrogens (tertiary/aromatic N) is 2. The molecule has 0 amide bonds. The van der Waals surface area contributed by atoms with E-state index in [9.17, 15) is 4.39 Å². The van der Waals surface area contributed by atoms with Gasteiger partial charge in [-0.2, -0.15) is 5.10 Å². The minimum Gasteiger partial charge on any atom is -0.439 e. The number of hydrogen-bond acceptors (Lipinski definition) is 4. The summed E-state index contributed by atoms with van der Waals surface area (Å²) in [5, 5.41) is 7.62. The van der Waals surface area contributed by atoms with Gasteiger partial charge in [0.25, 0.3) is 0 Å². The van der Waals surface area contributed by atoms with Crippen LogP contribution in [0.2, 0.25) is 0 Å². The van der Waals surface area contributed by atoms with Gasteiger partial charge < -0.3 is 14.8 Å². The maximum Gasteiger partial charge on any atom is 0.222 e. The fourth-order valence-electron chi connectivity index (χ4n) is 2.04. The second kappa shape index (κ2) is 7.19. The van der Waals surface area contributed by atoms with Crippen molar-refractivity contribution in [2.75, 3.05) is 20.3 Å². The lowest BCUT2D eigenvalue weighted by Crippen LogP contribution is -2.19. The number of aromatic nitrogens is 2. The van der Waals surface area contributed by atoms with Crippen LogP contribution in [0.1, 0.15) is 11.3 Å². The molecule has 0 saturated carbocycles. The maximum atomic E-state index is 13.2. The molecule has 5 nitrogen and oxygen atoms in total. The average Bonchev–Trinajstić information content (AvgIpc) is 2.70. The minimum atomic E-state index is -0.328. The molecule has 0 radical (unpaired) electrons. The SMILES string of the molecule is COCCNCc1c(C)nn(C)c1Oc1cccc(F)c1. The molecule has 114 valence electrons. The molecule has 0 spiro atoms. The van der Waals surface area contributed by atoms with Gasteiger partial charge in [0.2, 0.25) is 5.88 Å². The van der Waals surface area contributed by atoms with Gasteiger partial charge in [-0.3, -0.25) is 0 Å². The Balaban J connectivity index is 2.14. The quantitative estimate of drug-likeness (QED) is 0.796. The maximum absolute atomic E-state index is 13.2. The Bertz CT molecular complexity index is 599. The normalized spacial score (nSPS) is 10.9. The molecule has 6 heteroatoms. The molecule has 1 N–H and O–H groups in total. The first-order valence-electron chi connectivity index (χ1n) is 6.77. The third-order valence-electron chi connectivity index (χ3n) is 3.08. The van der Waals surface area contributed by atoms with E-state index in [4.69, 9.17) is 9.47 Å². The molecule has 21 heavy (non-hydrogen) atoms. The molecule has 0 unspecified atom stereocenters. The van der Waals surface area contributed by atoms with E-state index in [0.29, 0.717) is 24.8 Å². The molecule has 2 aromatic rings. The fourth-order valence-corrected chi connectivity index (χ4v) is 2.04. The third-order valence-corrected chi connectivity index (χ3v) is 3.08. The van der Waals surface area contributed by atoms with Crippen LogP contribution in [0.15, 0.2) is 24.3 Å². The molecular formula is C15H20FN3O2. The Kier molecular flexibility index (Phi) is 5.30. The third kappa shape index (κ3) is 4.03. The molecule has 0 bridgehead atoms. The monoisotopic (exact) mass is 293 g/mol. The molecule has 2 rings (SSSR count). The summed E-state index contributed by atoms with van der Waals surface area (Å²) in [7, 11) is 3.47. The van der Waals surface area contributed by atoms with Crippen molar-refractivity contribution in [2.45, 2.75) is 13.5 Å². The lowest BCUT2D eigenvalue weighted by atomic mass is 10.2. The van der Waals surface area contributed by atoms with Crippen LogP contribution < -0.4 is 10.1 Å². The van der Waals surface area contributed by atoms with Crippen molar-refractivity contribution < 1.29 is 13.9 Å². The smallest absolute Gasteiger partial charge is 0.222 e. The number of aryl methyl sites for hydroxylation is 2. The number of benzene rings is 1. The van der Waals surface area contributed by atoms with E-state index >= 15 is 0 Å². The number of hydrogen-bond donors (Lipinski definition) is 1. The summed E-state index contributed by atoms with van der Waals surface area (Å²) in [4.78, 5) is 0. The lowest BCUT2D eigenvalue weighted by molar-refractivity contribution is 0.199. The van der Waals surface area contributed by atoms with E-state index in [2.05, 4.69) is 10.4 Å². The van der Waals surface area contributed by atoms with Crippen LogP contribution in [0.3, 0.4) is 0 Å². The van der Waals surface area contributed by atoms with Crippen molar-refractivity contribution in [2.24, 2.45) is 7.05 Å². The van der Waals surface area contributed by atoms with Crippen molar-refractivity contribution >= 4 is 0 Å². The fraction of sp³-hybridized carbons (Fsp3) is 0.400. The van der Waals surface area contributed by atoms with Crippen LogP contribution >= 0.6 is 0 Å². The summed E-state index contributed by atoms with van der Waals surface area (Å²) in [5.41, 5.74) is 1.84. The zero-order valence-corrected chi connectivity index (χ0v) is 12.5. The predicted octanol–water partition coefficient (Wildman–Crippen LogP) is 2.40. The van der Waals surface area contributed by atoms with Gasteiger partial charge in [0, 0.05) is 33.3 Å². The highest BCUT2D eigenvalue weighted by molar-refractivity contribution is 5.35. The predicted molar refractivity (Wildman–Crippen MR) is 78.0 cm³/mol. The van der Waals surface area contributed by atoms with E-state index in [1.165, 1.54) is 12.1 Å². The summed E-state index contributed by atoms with van der Waals surface area (Å²) in [5.74, 6) is 0.741.